The summed E-state index contributed by atoms with van der Waals surface area (Å²) in [4.78, 5) is 36.7. The number of carbonyl (C=O) groups is 2. The minimum absolute atomic E-state index is 0.0332. The Hall–Kier alpha value is -4.53. The molecule has 1 aliphatic rings. The van der Waals surface area contributed by atoms with Crippen LogP contribution in [0, 0.1) is 11.3 Å². The number of pyridine rings is 1. The second-order valence-corrected chi connectivity index (χ2v) is 7.35. The van der Waals surface area contributed by atoms with Crippen molar-refractivity contribution >= 4 is 22.8 Å². The van der Waals surface area contributed by atoms with Crippen molar-refractivity contribution in [2.45, 2.75) is 12.2 Å². The van der Waals surface area contributed by atoms with Gasteiger partial charge in [0.25, 0.3) is 11.5 Å². The van der Waals surface area contributed by atoms with Gasteiger partial charge in [-0.25, -0.2) is 0 Å². The fourth-order valence-corrected chi connectivity index (χ4v) is 3.83. The first kappa shape index (κ1) is 22.7. The summed E-state index contributed by atoms with van der Waals surface area (Å²) < 4.78 is 45.6. The van der Waals surface area contributed by atoms with E-state index in [1.165, 1.54) is 12.1 Å². The van der Waals surface area contributed by atoms with E-state index in [2.05, 4.69) is 0 Å². The fourth-order valence-electron chi connectivity index (χ4n) is 3.83. The lowest BCUT2D eigenvalue weighted by Gasteiger charge is -2.30. The Morgan fingerprint density at radius 2 is 1.91 bits per heavy atom. The Morgan fingerprint density at radius 3 is 2.50 bits per heavy atom. The lowest BCUT2D eigenvalue weighted by atomic mass is 9.98. The van der Waals surface area contributed by atoms with Crippen molar-refractivity contribution in [2.24, 2.45) is 0 Å². The number of carboxylic acid groups (broad SMARTS) is 1. The molecule has 2 N–H and O–H groups in total. The summed E-state index contributed by atoms with van der Waals surface area (Å²) in [6.07, 6.45) is -4.58. The van der Waals surface area contributed by atoms with Crippen molar-refractivity contribution in [1.29, 1.82) is 5.26 Å². The molecule has 1 aliphatic heterocycles. The number of carboxylic acids is 1. The first-order chi connectivity index (χ1) is 16.0. The fraction of sp³-hybridized carbons (Fsp3) is 0.182. The summed E-state index contributed by atoms with van der Waals surface area (Å²) in [5.74, 6) is -3.64. The number of rotatable bonds is 4. The maximum Gasteiger partial charge on any atom is 0.416 e. The first-order valence-corrected chi connectivity index (χ1v) is 9.66. The summed E-state index contributed by atoms with van der Waals surface area (Å²) >= 11 is 0. The molecule has 12 heteroatoms. The van der Waals surface area contributed by atoms with Gasteiger partial charge < -0.3 is 25.1 Å². The number of nitrogens with zero attached hydrogens (tertiary/aromatic N) is 2. The Labute approximate surface area is 188 Å². The molecule has 1 atom stereocenters. The van der Waals surface area contributed by atoms with Crippen LogP contribution in [0.5, 0.6) is 11.5 Å². The molecule has 34 heavy (non-hydrogen) atoms. The lowest BCUT2D eigenvalue weighted by Crippen LogP contribution is -2.42. The van der Waals surface area contributed by atoms with Gasteiger partial charge in [-0.1, -0.05) is 12.1 Å². The van der Waals surface area contributed by atoms with Gasteiger partial charge in [-0.3, -0.25) is 14.2 Å². The second-order valence-electron chi connectivity index (χ2n) is 7.35. The number of hydrogen-bond acceptors (Lipinski definition) is 7. The highest BCUT2D eigenvalue weighted by Crippen LogP contribution is 2.40. The van der Waals surface area contributed by atoms with Crippen molar-refractivity contribution in [1.82, 2.24) is 9.88 Å². The van der Waals surface area contributed by atoms with Crippen LogP contribution in [0.1, 0.15) is 33.1 Å². The number of aliphatic carboxylic acids is 1. The molecule has 1 amide bonds. The van der Waals surface area contributed by atoms with Crippen LogP contribution < -0.4 is 20.7 Å². The topological polar surface area (TPSA) is 144 Å². The van der Waals surface area contributed by atoms with Crippen molar-refractivity contribution in [3.63, 3.8) is 0 Å². The quantitative estimate of drug-likeness (QED) is 0.578. The molecule has 0 fully saturated rings. The van der Waals surface area contributed by atoms with E-state index in [1.807, 2.05) is 11.4 Å². The van der Waals surface area contributed by atoms with E-state index >= 15 is 0 Å². The molecule has 0 saturated heterocycles. The highest BCUT2D eigenvalue weighted by molar-refractivity contribution is 6.05. The average Bonchev–Trinajstić information content (AvgIpc) is 2.80. The number of benzene rings is 2. The second kappa shape index (κ2) is 8.11. The van der Waals surface area contributed by atoms with Gasteiger partial charge in [-0.2, -0.15) is 18.4 Å². The minimum atomic E-state index is -4.58. The van der Waals surface area contributed by atoms with Crippen molar-refractivity contribution < 1.29 is 37.7 Å². The maximum atomic E-state index is 13.4. The number of amides is 1. The molecule has 4 rings (SSSR count). The smallest absolute Gasteiger partial charge is 0.416 e. The zero-order chi connectivity index (χ0) is 24.8. The monoisotopic (exact) mass is 472 g/mol. The molecule has 2 heterocycles. The van der Waals surface area contributed by atoms with Crippen LogP contribution in [0.2, 0.25) is 0 Å². The van der Waals surface area contributed by atoms with E-state index < -0.39 is 53.1 Å². The van der Waals surface area contributed by atoms with Crippen LogP contribution in [-0.4, -0.2) is 34.7 Å². The van der Waals surface area contributed by atoms with E-state index in [4.69, 9.17) is 4.74 Å². The number of aromatic hydroxyl groups is 1. The highest BCUT2D eigenvalue weighted by atomic mass is 19.4. The summed E-state index contributed by atoms with van der Waals surface area (Å²) in [6, 6.07) is 7.45. The Morgan fingerprint density at radius 1 is 1.24 bits per heavy atom. The van der Waals surface area contributed by atoms with E-state index in [9.17, 15) is 43.0 Å². The molecule has 0 radical (unpaired) electrons. The van der Waals surface area contributed by atoms with Gasteiger partial charge in [0.1, 0.15) is 23.7 Å². The van der Waals surface area contributed by atoms with Crippen molar-refractivity contribution in [3.05, 3.63) is 69.0 Å². The van der Waals surface area contributed by atoms with Gasteiger partial charge in [-0.15, -0.1) is 0 Å². The summed E-state index contributed by atoms with van der Waals surface area (Å²) in [6.45, 7) is -1.16. The summed E-state index contributed by atoms with van der Waals surface area (Å²) in [7, 11) is 0. The van der Waals surface area contributed by atoms with E-state index in [0.717, 1.165) is 28.8 Å². The molecule has 1 unspecified atom stereocenters. The third-order valence-electron chi connectivity index (χ3n) is 5.36. The van der Waals surface area contributed by atoms with Crippen LogP contribution >= 0.6 is 0 Å². The van der Waals surface area contributed by atoms with Gasteiger partial charge in [0, 0.05) is 0 Å². The van der Waals surface area contributed by atoms with Crippen molar-refractivity contribution in [2.75, 3.05) is 13.2 Å². The summed E-state index contributed by atoms with van der Waals surface area (Å²) in [5, 5.41) is 32.7. The van der Waals surface area contributed by atoms with Crippen molar-refractivity contribution in [3.8, 4) is 17.6 Å². The number of alkyl halides is 3. The number of aromatic nitrogens is 1. The van der Waals surface area contributed by atoms with E-state index in [-0.39, 0.29) is 34.4 Å². The zero-order valence-electron chi connectivity index (χ0n) is 17.0. The molecule has 0 bridgehead atoms. The molecule has 1 aromatic heterocycles. The zero-order valence-corrected chi connectivity index (χ0v) is 17.0. The number of ether oxygens (including phenoxy) is 1. The van der Waals surface area contributed by atoms with Crippen LogP contribution in [-0.2, 0) is 11.0 Å². The van der Waals surface area contributed by atoms with Crippen LogP contribution in [0.4, 0.5) is 13.2 Å². The molecule has 174 valence electrons. The molecule has 2 aromatic carbocycles. The molecular formula is C22H13F3N3O6-. The first-order valence-electron chi connectivity index (χ1n) is 9.66. The normalized spacial score (nSPS) is 14.8. The SMILES string of the molecule is N#Cc1ccc2c3c1c(O)c(C(=O)NCC(=O)[O-])c(=O)n3C(c1ccc(C(F)(F)F)cc1)CO2. The molecule has 0 saturated carbocycles. The van der Waals surface area contributed by atoms with Crippen LogP contribution in [0.25, 0.3) is 10.9 Å². The van der Waals surface area contributed by atoms with E-state index in [0.29, 0.717) is 0 Å². The predicted octanol–water partition coefficient (Wildman–Crippen LogP) is 1.06. The Kier molecular flexibility index (Phi) is 5.40. The van der Waals surface area contributed by atoms with Gasteiger partial charge in [0.05, 0.1) is 46.7 Å². The predicted molar refractivity (Wildman–Crippen MR) is 107 cm³/mol. The Bertz CT molecular complexity index is 1440. The average molecular weight is 472 g/mol. The molecular weight excluding hydrogens is 459 g/mol. The third kappa shape index (κ3) is 3.66. The minimum Gasteiger partial charge on any atom is -0.548 e. The highest BCUT2D eigenvalue weighted by Gasteiger charge is 2.34. The maximum absolute atomic E-state index is 13.4. The molecule has 9 nitrogen and oxygen atoms in total. The van der Waals surface area contributed by atoms with E-state index in [1.54, 1.807) is 0 Å². The van der Waals surface area contributed by atoms with Gasteiger partial charge in [0.2, 0.25) is 0 Å². The largest absolute Gasteiger partial charge is 0.548 e. The van der Waals surface area contributed by atoms with Gasteiger partial charge in [-0.05, 0) is 29.8 Å². The Balaban J connectivity index is 1.99. The molecule has 0 spiro atoms. The van der Waals surface area contributed by atoms with Crippen LogP contribution in [0.3, 0.4) is 0 Å². The van der Waals surface area contributed by atoms with Gasteiger partial charge >= 0.3 is 6.18 Å². The number of hydrogen-bond donors (Lipinski definition) is 2. The third-order valence-corrected chi connectivity index (χ3v) is 5.36. The standard InChI is InChI=1S/C22H14F3N3O6/c23-22(24,25)12-4-1-10(2-5-12)13-9-34-14-6-3-11(7-26)16-18(14)28(13)21(33)17(19(16)31)20(32)27-8-15(29)30/h1-6,13,31H,8-9H2,(H,27,32)(H,29,30)/p-1. The number of halogens is 3. The lowest BCUT2D eigenvalue weighted by molar-refractivity contribution is -0.303. The number of nitriles is 1. The number of carbonyl (C=O) groups excluding carboxylic acids is 2. The summed E-state index contributed by atoms with van der Waals surface area (Å²) in [5.41, 5.74) is -2.71. The van der Waals surface area contributed by atoms with Crippen LogP contribution in [0.15, 0.2) is 41.2 Å². The molecule has 3 aromatic rings. The van der Waals surface area contributed by atoms with Gasteiger partial charge in [0.15, 0.2) is 0 Å². The molecule has 0 aliphatic carbocycles. The number of nitrogens with one attached hydrogen (secondary N) is 1.